The minimum absolute atomic E-state index is 0.00954. The van der Waals surface area contributed by atoms with Crippen molar-refractivity contribution in [2.75, 3.05) is 0 Å². The molecule has 3 aliphatic carbocycles. The summed E-state index contributed by atoms with van der Waals surface area (Å²) in [7, 11) is 0. The lowest BCUT2D eigenvalue weighted by molar-refractivity contribution is -0.103. The molecule has 1 nitrogen and oxygen atoms in total. The molecule has 0 aliphatic heterocycles. The van der Waals surface area contributed by atoms with Crippen LogP contribution in [-0.4, -0.2) is 10.7 Å². The minimum atomic E-state index is -0.624. The summed E-state index contributed by atoms with van der Waals surface area (Å²) in [6.45, 7) is 8.59. The number of rotatable bonds is 2. The van der Waals surface area contributed by atoms with Gasteiger partial charge in [0.15, 0.2) is 0 Å². The number of aliphatic hydroxyl groups is 1. The number of allylic oxidation sites excluding steroid dienone is 1. The third kappa shape index (κ3) is 1.10. The number of fused-ring (bicyclic) bond motifs is 2. The normalized spacial score (nSPS) is 47.2. The Morgan fingerprint density at radius 2 is 2.24 bits per heavy atom. The Labute approximate surface area is 105 Å². The van der Waals surface area contributed by atoms with Gasteiger partial charge in [-0.3, -0.25) is 0 Å². The molecule has 2 saturated carbocycles. The molecule has 2 fully saturated rings. The van der Waals surface area contributed by atoms with Crippen LogP contribution in [0.15, 0.2) is 24.3 Å². The zero-order chi connectivity index (χ0) is 12.3. The summed E-state index contributed by atoms with van der Waals surface area (Å²) in [5.74, 6) is 0.659. The van der Waals surface area contributed by atoms with E-state index in [0.29, 0.717) is 5.92 Å². The molecule has 94 valence electrons. The van der Waals surface area contributed by atoms with Crippen LogP contribution in [0.3, 0.4) is 0 Å². The van der Waals surface area contributed by atoms with Crippen molar-refractivity contribution in [2.45, 2.75) is 58.0 Å². The van der Waals surface area contributed by atoms with Crippen LogP contribution in [0.2, 0.25) is 0 Å². The fourth-order valence-electron chi connectivity index (χ4n) is 5.02. The molecule has 0 amide bonds. The van der Waals surface area contributed by atoms with Crippen molar-refractivity contribution in [1.82, 2.24) is 0 Å². The van der Waals surface area contributed by atoms with Crippen LogP contribution in [0, 0.1) is 16.7 Å². The summed E-state index contributed by atoms with van der Waals surface area (Å²) in [5, 5.41) is 11.5. The highest BCUT2D eigenvalue weighted by atomic mass is 16.3. The highest BCUT2D eigenvalue weighted by Crippen LogP contribution is 2.71. The van der Waals surface area contributed by atoms with Crippen LogP contribution in [-0.2, 0) is 0 Å². The smallest absolute Gasteiger partial charge is 0.1000 e. The first kappa shape index (κ1) is 11.5. The van der Waals surface area contributed by atoms with E-state index in [1.807, 2.05) is 0 Å². The van der Waals surface area contributed by atoms with E-state index in [0.717, 1.165) is 25.7 Å². The van der Waals surface area contributed by atoms with Gasteiger partial charge in [-0.25, -0.2) is 0 Å². The van der Waals surface area contributed by atoms with E-state index in [1.54, 1.807) is 0 Å². The van der Waals surface area contributed by atoms with Crippen molar-refractivity contribution in [3.8, 4) is 0 Å². The summed E-state index contributed by atoms with van der Waals surface area (Å²) < 4.78 is 0. The first-order chi connectivity index (χ1) is 7.98. The van der Waals surface area contributed by atoms with E-state index in [-0.39, 0.29) is 10.8 Å². The van der Waals surface area contributed by atoms with Gasteiger partial charge in [-0.05, 0) is 50.0 Å². The quantitative estimate of drug-likeness (QED) is 0.717. The first-order valence-electron chi connectivity index (χ1n) is 7.03. The van der Waals surface area contributed by atoms with Gasteiger partial charge in [-0.2, -0.15) is 0 Å². The summed E-state index contributed by atoms with van der Waals surface area (Å²) in [6.07, 6.45) is 11.3. The van der Waals surface area contributed by atoms with Crippen LogP contribution in [0.5, 0.6) is 0 Å². The van der Waals surface area contributed by atoms with Crippen LogP contribution >= 0.6 is 0 Å². The minimum Gasteiger partial charge on any atom is -0.384 e. The highest BCUT2D eigenvalue weighted by Gasteiger charge is 2.70. The Hall–Kier alpha value is -0.560. The van der Waals surface area contributed by atoms with Gasteiger partial charge < -0.3 is 5.11 Å². The summed E-state index contributed by atoms with van der Waals surface area (Å²) >= 11 is 0. The van der Waals surface area contributed by atoms with Gasteiger partial charge >= 0.3 is 0 Å². The summed E-state index contributed by atoms with van der Waals surface area (Å²) in [5.41, 5.74) is 0.651. The molecule has 3 unspecified atom stereocenters. The molecule has 3 rings (SSSR count). The maximum absolute atomic E-state index is 11.5. The molecule has 2 bridgehead atoms. The average Bonchev–Trinajstić information content (AvgIpc) is 2.99. The van der Waals surface area contributed by atoms with Crippen molar-refractivity contribution in [3.05, 3.63) is 24.3 Å². The highest BCUT2D eigenvalue weighted by molar-refractivity contribution is 5.38. The molecule has 0 radical (unpaired) electrons. The summed E-state index contributed by atoms with van der Waals surface area (Å²) in [6, 6.07) is 0. The molecule has 0 heterocycles. The Morgan fingerprint density at radius 3 is 2.82 bits per heavy atom. The van der Waals surface area contributed by atoms with Gasteiger partial charge in [0.1, 0.15) is 0 Å². The van der Waals surface area contributed by atoms with Crippen molar-refractivity contribution in [1.29, 1.82) is 0 Å². The third-order valence-electron chi connectivity index (χ3n) is 6.12. The van der Waals surface area contributed by atoms with Gasteiger partial charge in [0, 0.05) is 10.8 Å². The van der Waals surface area contributed by atoms with Crippen LogP contribution < -0.4 is 0 Å². The molecule has 0 aromatic carbocycles. The van der Waals surface area contributed by atoms with E-state index in [4.69, 9.17) is 0 Å². The van der Waals surface area contributed by atoms with Gasteiger partial charge in [0.05, 0.1) is 5.60 Å². The number of hydrogen-bond acceptors (Lipinski definition) is 1. The lowest BCUT2D eigenvalue weighted by Crippen LogP contribution is -2.55. The zero-order valence-electron chi connectivity index (χ0n) is 11.1. The molecule has 3 aliphatic rings. The molecule has 1 N–H and O–H groups in total. The van der Waals surface area contributed by atoms with Crippen molar-refractivity contribution in [2.24, 2.45) is 16.7 Å². The lowest BCUT2D eigenvalue weighted by atomic mass is 9.56. The van der Waals surface area contributed by atoms with E-state index in [1.165, 1.54) is 18.4 Å². The second kappa shape index (κ2) is 3.26. The Bertz CT molecular complexity index is 392. The predicted octanol–water partition coefficient (Wildman–Crippen LogP) is 3.84. The molecule has 0 aromatic heterocycles. The maximum atomic E-state index is 11.5. The Kier molecular flexibility index (Phi) is 2.21. The van der Waals surface area contributed by atoms with Gasteiger partial charge in [-0.1, -0.05) is 26.0 Å². The predicted molar refractivity (Wildman–Crippen MR) is 70.6 cm³/mol. The molecular formula is C16H24O. The molecule has 17 heavy (non-hydrogen) atoms. The molecule has 3 atom stereocenters. The monoisotopic (exact) mass is 232 g/mol. The third-order valence-corrected chi connectivity index (χ3v) is 6.12. The fraction of sp³-hybridized carbons (Fsp3) is 0.750. The fourth-order valence-corrected chi connectivity index (χ4v) is 5.02. The SMILES string of the molecule is C=CC12CCC(C1)C(C)(C)C2(O)C1=CCCC1. The molecular weight excluding hydrogens is 208 g/mol. The van der Waals surface area contributed by atoms with Gasteiger partial charge in [-0.15, -0.1) is 6.58 Å². The summed E-state index contributed by atoms with van der Waals surface area (Å²) in [4.78, 5) is 0. The van der Waals surface area contributed by atoms with E-state index in [9.17, 15) is 5.11 Å². The molecule has 0 spiro atoms. The zero-order valence-corrected chi connectivity index (χ0v) is 11.1. The van der Waals surface area contributed by atoms with Crippen molar-refractivity contribution >= 4 is 0 Å². The van der Waals surface area contributed by atoms with Gasteiger partial charge in [0.2, 0.25) is 0 Å². The Morgan fingerprint density at radius 1 is 1.47 bits per heavy atom. The molecule has 0 aromatic rings. The van der Waals surface area contributed by atoms with E-state index < -0.39 is 5.60 Å². The van der Waals surface area contributed by atoms with E-state index >= 15 is 0 Å². The maximum Gasteiger partial charge on any atom is 0.1000 e. The van der Waals surface area contributed by atoms with E-state index in [2.05, 4.69) is 32.6 Å². The largest absolute Gasteiger partial charge is 0.384 e. The topological polar surface area (TPSA) is 20.2 Å². The van der Waals surface area contributed by atoms with Crippen LogP contribution in [0.4, 0.5) is 0 Å². The second-order valence-corrected chi connectivity index (χ2v) is 6.85. The Balaban J connectivity index is 2.14. The standard InChI is InChI=1S/C16H24O/c1-4-15-10-9-13(11-15)14(2,3)16(15,17)12-7-5-6-8-12/h4,7,13,17H,1,5-6,8-11H2,2-3H3. The van der Waals surface area contributed by atoms with Crippen LogP contribution in [0.1, 0.15) is 52.4 Å². The second-order valence-electron chi connectivity index (χ2n) is 6.85. The van der Waals surface area contributed by atoms with Crippen molar-refractivity contribution in [3.63, 3.8) is 0 Å². The van der Waals surface area contributed by atoms with Gasteiger partial charge in [0.25, 0.3) is 0 Å². The molecule has 0 saturated heterocycles. The number of hydrogen-bond donors (Lipinski definition) is 1. The van der Waals surface area contributed by atoms with Crippen LogP contribution in [0.25, 0.3) is 0 Å². The van der Waals surface area contributed by atoms with Crippen molar-refractivity contribution < 1.29 is 5.11 Å². The molecule has 1 heteroatoms. The lowest BCUT2D eigenvalue weighted by Gasteiger charge is -2.52. The average molecular weight is 232 g/mol. The first-order valence-corrected chi connectivity index (χ1v) is 7.03.